The lowest BCUT2D eigenvalue weighted by Crippen LogP contribution is -2.47. The van der Waals surface area contributed by atoms with Gasteiger partial charge in [-0.25, -0.2) is 0 Å². The van der Waals surface area contributed by atoms with Gasteiger partial charge in [-0.15, -0.1) is 0 Å². The highest BCUT2D eigenvalue weighted by atomic mass is 16.1. The van der Waals surface area contributed by atoms with Gasteiger partial charge in [-0.3, -0.25) is 9.78 Å². The Morgan fingerprint density at radius 2 is 1.78 bits per heavy atom. The number of aromatic nitrogens is 1. The number of Topliss-reactive ketones (excluding diaryl/α,β-unsaturated/α-hetero) is 1. The maximum atomic E-state index is 12.4. The van der Waals surface area contributed by atoms with Gasteiger partial charge in [0.2, 0.25) is 0 Å². The molecule has 1 aliphatic rings. The van der Waals surface area contributed by atoms with E-state index in [-0.39, 0.29) is 5.41 Å². The van der Waals surface area contributed by atoms with Crippen molar-refractivity contribution >= 4 is 5.78 Å². The average molecular weight is 308 g/mol. The molecule has 0 spiro atoms. The molecule has 0 atom stereocenters. The fourth-order valence-corrected chi connectivity index (χ4v) is 3.58. The molecule has 0 bridgehead atoms. The van der Waals surface area contributed by atoms with E-state index in [2.05, 4.69) is 28.1 Å². The van der Waals surface area contributed by atoms with E-state index in [4.69, 9.17) is 0 Å². The first-order valence-corrected chi connectivity index (χ1v) is 8.39. The Hall–Kier alpha value is -2.00. The summed E-state index contributed by atoms with van der Waals surface area (Å²) < 4.78 is 0. The quantitative estimate of drug-likeness (QED) is 0.850. The highest BCUT2D eigenvalue weighted by Crippen LogP contribution is 2.36. The Morgan fingerprint density at radius 1 is 1.09 bits per heavy atom. The second-order valence-corrected chi connectivity index (χ2v) is 6.42. The molecular formula is C20H24N2O. The van der Waals surface area contributed by atoms with Crippen LogP contribution < -0.4 is 0 Å². The maximum Gasteiger partial charge on any atom is 0.140 e. The summed E-state index contributed by atoms with van der Waals surface area (Å²) in [5.41, 5.74) is 2.03. The van der Waals surface area contributed by atoms with Gasteiger partial charge in [-0.1, -0.05) is 36.4 Å². The number of piperidine rings is 1. The van der Waals surface area contributed by atoms with Gasteiger partial charge < -0.3 is 4.90 Å². The van der Waals surface area contributed by atoms with E-state index in [0.717, 1.165) is 44.6 Å². The van der Waals surface area contributed by atoms with E-state index in [1.165, 1.54) is 5.56 Å². The summed E-state index contributed by atoms with van der Waals surface area (Å²) in [5.74, 6) is 0.299. The van der Waals surface area contributed by atoms with Crippen LogP contribution in [-0.4, -0.2) is 35.3 Å². The van der Waals surface area contributed by atoms with Crippen LogP contribution in [0.2, 0.25) is 0 Å². The molecule has 23 heavy (non-hydrogen) atoms. The number of likely N-dealkylation sites (tertiary alicyclic amines) is 1. The van der Waals surface area contributed by atoms with E-state index in [1.54, 1.807) is 6.92 Å². The summed E-state index contributed by atoms with van der Waals surface area (Å²) in [6, 6.07) is 16.4. The van der Waals surface area contributed by atoms with Crippen molar-refractivity contribution in [3.8, 4) is 0 Å². The van der Waals surface area contributed by atoms with E-state index in [9.17, 15) is 4.79 Å². The third-order valence-electron chi connectivity index (χ3n) is 5.12. The molecule has 0 aliphatic carbocycles. The SMILES string of the molecule is CC(=O)C1(c2ccccc2)CCN(CCc2ccccn2)CC1. The zero-order valence-corrected chi connectivity index (χ0v) is 13.7. The molecular weight excluding hydrogens is 284 g/mol. The number of carbonyl (C=O) groups is 1. The summed E-state index contributed by atoms with van der Waals surface area (Å²) in [6.07, 6.45) is 4.64. The summed E-state index contributed by atoms with van der Waals surface area (Å²) >= 11 is 0. The first-order chi connectivity index (χ1) is 11.2. The zero-order chi connectivity index (χ0) is 16.1. The lowest BCUT2D eigenvalue weighted by Gasteiger charge is -2.40. The molecule has 3 heteroatoms. The van der Waals surface area contributed by atoms with Crippen molar-refractivity contribution in [1.29, 1.82) is 0 Å². The lowest BCUT2D eigenvalue weighted by atomic mass is 9.70. The highest BCUT2D eigenvalue weighted by Gasteiger charge is 2.40. The molecule has 120 valence electrons. The lowest BCUT2D eigenvalue weighted by molar-refractivity contribution is -0.124. The Kier molecular flexibility index (Phi) is 4.87. The van der Waals surface area contributed by atoms with Crippen LogP contribution in [0.15, 0.2) is 54.7 Å². The first-order valence-electron chi connectivity index (χ1n) is 8.39. The van der Waals surface area contributed by atoms with Crippen molar-refractivity contribution in [3.05, 3.63) is 66.0 Å². The predicted octanol–water partition coefficient (Wildman–Crippen LogP) is 3.25. The number of benzene rings is 1. The number of pyridine rings is 1. The Morgan fingerprint density at radius 3 is 2.39 bits per heavy atom. The molecule has 1 saturated heterocycles. The van der Waals surface area contributed by atoms with Crippen LogP contribution in [0.25, 0.3) is 0 Å². The standard InChI is InChI=1S/C20H24N2O/c1-17(23)20(18-7-3-2-4-8-18)11-15-22(16-12-20)14-10-19-9-5-6-13-21-19/h2-9,13H,10-12,14-16H2,1H3. The molecule has 3 nitrogen and oxygen atoms in total. The third-order valence-corrected chi connectivity index (χ3v) is 5.12. The number of hydrogen-bond acceptors (Lipinski definition) is 3. The molecule has 0 unspecified atom stereocenters. The van der Waals surface area contributed by atoms with E-state index < -0.39 is 0 Å². The van der Waals surface area contributed by atoms with Crippen molar-refractivity contribution in [2.45, 2.75) is 31.6 Å². The summed E-state index contributed by atoms with van der Waals surface area (Å²) in [5, 5.41) is 0. The molecule has 2 aromatic rings. The molecule has 0 N–H and O–H groups in total. The van der Waals surface area contributed by atoms with Gasteiger partial charge in [-0.2, -0.15) is 0 Å². The van der Waals surface area contributed by atoms with Crippen molar-refractivity contribution in [2.75, 3.05) is 19.6 Å². The number of rotatable bonds is 5. The Labute approximate surface area is 138 Å². The molecule has 1 fully saturated rings. The summed E-state index contributed by atoms with van der Waals surface area (Å²) in [6.45, 7) is 4.71. The average Bonchev–Trinajstić information content (AvgIpc) is 2.62. The first kappa shape index (κ1) is 15.9. The topological polar surface area (TPSA) is 33.2 Å². The van der Waals surface area contributed by atoms with Crippen LogP contribution in [0.1, 0.15) is 31.0 Å². The minimum absolute atomic E-state index is 0.289. The second-order valence-electron chi connectivity index (χ2n) is 6.42. The van der Waals surface area contributed by atoms with Crippen LogP contribution in [-0.2, 0) is 16.6 Å². The van der Waals surface area contributed by atoms with Crippen LogP contribution in [0, 0.1) is 0 Å². The minimum Gasteiger partial charge on any atom is -0.303 e. The minimum atomic E-state index is -0.289. The van der Waals surface area contributed by atoms with Crippen molar-refractivity contribution in [2.24, 2.45) is 0 Å². The number of nitrogens with zero attached hydrogens (tertiary/aromatic N) is 2. The monoisotopic (exact) mass is 308 g/mol. The molecule has 3 rings (SSSR count). The van der Waals surface area contributed by atoms with Crippen LogP contribution in [0.3, 0.4) is 0 Å². The van der Waals surface area contributed by atoms with Crippen molar-refractivity contribution in [1.82, 2.24) is 9.88 Å². The molecule has 0 amide bonds. The highest BCUT2D eigenvalue weighted by molar-refractivity contribution is 5.88. The fourth-order valence-electron chi connectivity index (χ4n) is 3.58. The molecule has 0 radical (unpaired) electrons. The maximum absolute atomic E-state index is 12.4. The van der Waals surface area contributed by atoms with Gasteiger partial charge in [-0.05, 0) is 50.6 Å². The van der Waals surface area contributed by atoms with Gasteiger partial charge in [0.15, 0.2) is 0 Å². The third kappa shape index (κ3) is 3.50. The fraction of sp³-hybridized carbons (Fsp3) is 0.400. The van der Waals surface area contributed by atoms with E-state index in [1.807, 2.05) is 36.5 Å². The summed E-state index contributed by atoms with van der Waals surface area (Å²) in [4.78, 5) is 19.2. The van der Waals surface area contributed by atoms with Gasteiger partial charge in [0.05, 0.1) is 5.41 Å². The van der Waals surface area contributed by atoms with Crippen LogP contribution in [0.4, 0.5) is 0 Å². The van der Waals surface area contributed by atoms with Gasteiger partial charge in [0, 0.05) is 24.9 Å². The number of hydrogen-bond donors (Lipinski definition) is 0. The number of carbonyl (C=O) groups excluding carboxylic acids is 1. The summed E-state index contributed by atoms with van der Waals surface area (Å²) in [7, 11) is 0. The molecule has 1 aromatic heterocycles. The molecule has 1 aromatic carbocycles. The van der Waals surface area contributed by atoms with Crippen molar-refractivity contribution in [3.63, 3.8) is 0 Å². The zero-order valence-electron chi connectivity index (χ0n) is 13.7. The normalized spacial score (nSPS) is 17.8. The van der Waals surface area contributed by atoms with Crippen LogP contribution >= 0.6 is 0 Å². The Balaban J connectivity index is 1.63. The smallest absolute Gasteiger partial charge is 0.140 e. The van der Waals surface area contributed by atoms with E-state index >= 15 is 0 Å². The second kappa shape index (κ2) is 7.05. The predicted molar refractivity (Wildman–Crippen MR) is 92.4 cm³/mol. The van der Waals surface area contributed by atoms with Gasteiger partial charge in [0.1, 0.15) is 5.78 Å². The molecule has 2 heterocycles. The molecule has 0 saturated carbocycles. The number of ketones is 1. The van der Waals surface area contributed by atoms with Crippen molar-refractivity contribution < 1.29 is 4.79 Å². The Bertz CT molecular complexity index is 631. The van der Waals surface area contributed by atoms with Gasteiger partial charge >= 0.3 is 0 Å². The van der Waals surface area contributed by atoms with Crippen LogP contribution in [0.5, 0.6) is 0 Å². The van der Waals surface area contributed by atoms with E-state index in [0.29, 0.717) is 5.78 Å². The van der Waals surface area contributed by atoms with Gasteiger partial charge in [0.25, 0.3) is 0 Å². The largest absolute Gasteiger partial charge is 0.303 e. The molecule has 1 aliphatic heterocycles.